The summed E-state index contributed by atoms with van der Waals surface area (Å²) in [6.45, 7) is 3.49. The Morgan fingerprint density at radius 1 is 1.25 bits per heavy atom. The zero-order valence-corrected chi connectivity index (χ0v) is 10.6. The Morgan fingerprint density at radius 3 is 2.75 bits per heavy atom. The zero-order chi connectivity index (χ0) is 11.8. The molecule has 0 aromatic heterocycles. The van der Waals surface area contributed by atoms with Gasteiger partial charge in [-0.2, -0.15) is 0 Å². The van der Waals surface area contributed by atoms with Crippen LogP contribution >= 0.6 is 11.6 Å². The molecular formula is C13H20ClNO. The number of rotatable bonds is 7. The van der Waals surface area contributed by atoms with Crippen LogP contribution in [0, 0.1) is 0 Å². The highest BCUT2D eigenvalue weighted by molar-refractivity contribution is 6.31. The Hall–Kier alpha value is -0.730. The molecule has 0 saturated heterocycles. The molecule has 0 aliphatic carbocycles. The van der Waals surface area contributed by atoms with Gasteiger partial charge in [0.1, 0.15) is 0 Å². The summed E-state index contributed by atoms with van der Waals surface area (Å²) in [7, 11) is 0. The molecule has 0 heterocycles. The van der Waals surface area contributed by atoms with Crippen molar-refractivity contribution in [3.8, 4) is 0 Å². The van der Waals surface area contributed by atoms with Crippen LogP contribution in [-0.4, -0.2) is 6.61 Å². The van der Waals surface area contributed by atoms with Crippen molar-refractivity contribution in [3.63, 3.8) is 0 Å². The summed E-state index contributed by atoms with van der Waals surface area (Å²) >= 11 is 6.03. The second kappa shape index (κ2) is 7.53. The third-order valence-electron chi connectivity index (χ3n) is 2.54. The zero-order valence-electron chi connectivity index (χ0n) is 9.84. The summed E-state index contributed by atoms with van der Waals surface area (Å²) in [6, 6.07) is 5.54. The lowest BCUT2D eigenvalue weighted by molar-refractivity contribution is 0.117. The molecule has 2 nitrogen and oxygen atoms in total. The summed E-state index contributed by atoms with van der Waals surface area (Å²) in [5, 5.41) is 0.688. The predicted octanol–water partition coefficient (Wildman–Crippen LogP) is 4.02. The molecule has 1 aromatic rings. The third kappa shape index (κ3) is 4.42. The Balaban J connectivity index is 2.26. The van der Waals surface area contributed by atoms with Gasteiger partial charge < -0.3 is 10.5 Å². The molecule has 2 N–H and O–H groups in total. The Bertz CT molecular complexity index is 295. The van der Waals surface area contributed by atoms with Crippen molar-refractivity contribution in [1.29, 1.82) is 0 Å². The second-order valence-corrected chi connectivity index (χ2v) is 4.33. The maximum Gasteiger partial charge on any atom is 0.0751 e. The minimum absolute atomic E-state index is 0.512. The molecule has 0 unspecified atom stereocenters. The molecule has 1 aromatic carbocycles. The van der Waals surface area contributed by atoms with Gasteiger partial charge in [-0.3, -0.25) is 0 Å². The molecule has 0 bridgehead atoms. The molecular weight excluding hydrogens is 222 g/mol. The van der Waals surface area contributed by atoms with Crippen LogP contribution in [0.5, 0.6) is 0 Å². The van der Waals surface area contributed by atoms with E-state index in [0.717, 1.165) is 18.6 Å². The molecule has 0 fully saturated rings. The number of benzene rings is 1. The van der Waals surface area contributed by atoms with Crippen molar-refractivity contribution < 1.29 is 4.74 Å². The fourth-order valence-electron chi connectivity index (χ4n) is 1.53. The summed E-state index contributed by atoms with van der Waals surface area (Å²) in [5.41, 5.74) is 7.43. The molecule has 1 rings (SSSR count). The Kier molecular flexibility index (Phi) is 6.27. The molecule has 0 aliphatic rings. The van der Waals surface area contributed by atoms with Gasteiger partial charge in [-0.05, 0) is 18.6 Å². The normalized spacial score (nSPS) is 10.6. The summed E-state index contributed by atoms with van der Waals surface area (Å²) in [6.07, 6.45) is 4.86. The van der Waals surface area contributed by atoms with E-state index in [1.165, 1.54) is 19.3 Å². The second-order valence-electron chi connectivity index (χ2n) is 3.92. The van der Waals surface area contributed by atoms with Gasteiger partial charge in [0.2, 0.25) is 0 Å². The lowest BCUT2D eigenvalue weighted by Gasteiger charge is -2.08. The van der Waals surface area contributed by atoms with Gasteiger partial charge in [-0.15, -0.1) is 0 Å². The highest BCUT2D eigenvalue weighted by atomic mass is 35.5. The molecule has 0 spiro atoms. The summed E-state index contributed by atoms with van der Waals surface area (Å²) in [5.74, 6) is 0. The number of anilines is 1. The van der Waals surface area contributed by atoms with Crippen LogP contribution in [0.4, 0.5) is 5.69 Å². The Labute approximate surface area is 103 Å². The lowest BCUT2D eigenvalue weighted by atomic mass is 10.2. The first-order chi connectivity index (χ1) is 7.75. The summed E-state index contributed by atoms with van der Waals surface area (Å²) < 4.78 is 5.56. The SMILES string of the molecule is CCCCCCOCc1c(N)cccc1Cl. The maximum absolute atomic E-state index is 6.03. The van der Waals surface area contributed by atoms with Crippen LogP contribution in [0.15, 0.2) is 18.2 Å². The fraction of sp³-hybridized carbons (Fsp3) is 0.538. The number of nitrogens with two attached hydrogens (primary N) is 1. The largest absolute Gasteiger partial charge is 0.398 e. The van der Waals surface area contributed by atoms with Gasteiger partial charge in [0, 0.05) is 22.9 Å². The summed E-state index contributed by atoms with van der Waals surface area (Å²) in [4.78, 5) is 0. The number of unbranched alkanes of at least 4 members (excludes halogenated alkanes) is 3. The topological polar surface area (TPSA) is 35.2 Å². The quantitative estimate of drug-likeness (QED) is 0.578. The molecule has 0 saturated carbocycles. The maximum atomic E-state index is 6.03. The predicted molar refractivity (Wildman–Crippen MR) is 69.7 cm³/mol. The van der Waals surface area contributed by atoms with Crippen molar-refractivity contribution in [2.75, 3.05) is 12.3 Å². The number of halogens is 1. The first-order valence-corrected chi connectivity index (χ1v) is 6.24. The number of nitrogen functional groups attached to an aromatic ring is 1. The van der Waals surface area contributed by atoms with Gasteiger partial charge >= 0.3 is 0 Å². The van der Waals surface area contributed by atoms with Crippen LogP contribution in [0.3, 0.4) is 0 Å². The fourth-order valence-corrected chi connectivity index (χ4v) is 1.77. The van der Waals surface area contributed by atoms with Crippen LogP contribution in [0.1, 0.15) is 38.2 Å². The highest BCUT2D eigenvalue weighted by Crippen LogP contribution is 2.22. The van der Waals surface area contributed by atoms with E-state index in [9.17, 15) is 0 Å². The van der Waals surface area contributed by atoms with Gasteiger partial charge in [-0.1, -0.05) is 43.9 Å². The van der Waals surface area contributed by atoms with Gasteiger partial charge in [0.25, 0.3) is 0 Å². The van der Waals surface area contributed by atoms with Crippen molar-refractivity contribution in [1.82, 2.24) is 0 Å². The number of hydrogen-bond acceptors (Lipinski definition) is 2. The average molecular weight is 242 g/mol. The molecule has 0 aliphatic heterocycles. The van der Waals surface area contributed by atoms with Gasteiger partial charge in [-0.25, -0.2) is 0 Å². The highest BCUT2D eigenvalue weighted by Gasteiger charge is 2.03. The van der Waals surface area contributed by atoms with E-state index < -0.39 is 0 Å². The van der Waals surface area contributed by atoms with Crippen LogP contribution < -0.4 is 5.73 Å². The van der Waals surface area contributed by atoms with E-state index in [-0.39, 0.29) is 0 Å². The first kappa shape index (κ1) is 13.3. The Morgan fingerprint density at radius 2 is 2.06 bits per heavy atom. The van der Waals surface area contributed by atoms with Crippen molar-refractivity contribution in [2.24, 2.45) is 0 Å². The van der Waals surface area contributed by atoms with Crippen molar-refractivity contribution in [3.05, 3.63) is 28.8 Å². The molecule has 0 radical (unpaired) electrons. The van der Waals surface area contributed by atoms with Crippen LogP contribution in [0.2, 0.25) is 5.02 Å². The van der Waals surface area contributed by atoms with Crippen LogP contribution in [-0.2, 0) is 11.3 Å². The smallest absolute Gasteiger partial charge is 0.0751 e. The van der Waals surface area contributed by atoms with E-state index in [4.69, 9.17) is 22.1 Å². The first-order valence-electron chi connectivity index (χ1n) is 5.86. The van der Waals surface area contributed by atoms with Crippen molar-refractivity contribution >= 4 is 17.3 Å². The monoisotopic (exact) mass is 241 g/mol. The van der Waals surface area contributed by atoms with E-state index >= 15 is 0 Å². The minimum Gasteiger partial charge on any atom is -0.398 e. The van der Waals surface area contributed by atoms with E-state index in [1.807, 2.05) is 18.2 Å². The molecule has 90 valence electrons. The van der Waals surface area contributed by atoms with E-state index in [2.05, 4.69) is 6.92 Å². The minimum atomic E-state index is 0.512. The molecule has 3 heteroatoms. The third-order valence-corrected chi connectivity index (χ3v) is 2.90. The molecule has 16 heavy (non-hydrogen) atoms. The standard InChI is InChI=1S/C13H20ClNO/c1-2-3-4-5-9-16-10-11-12(14)7-6-8-13(11)15/h6-8H,2-5,9-10,15H2,1H3. The lowest BCUT2D eigenvalue weighted by Crippen LogP contribution is -2.00. The van der Waals surface area contributed by atoms with Crippen molar-refractivity contribution in [2.45, 2.75) is 39.2 Å². The molecule has 0 atom stereocenters. The van der Waals surface area contributed by atoms with E-state index in [0.29, 0.717) is 17.3 Å². The number of ether oxygens (including phenoxy) is 1. The number of hydrogen-bond donors (Lipinski definition) is 1. The van der Waals surface area contributed by atoms with Gasteiger partial charge in [0.15, 0.2) is 0 Å². The van der Waals surface area contributed by atoms with Gasteiger partial charge in [0.05, 0.1) is 6.61 Å². The van der Waals surface area contributed by atoms with E-state index in [1.54, 1.807) is 0 Å². The average Bonchev–Trinajstić information content (AvgIpc) is 2.26. The van der Waals surface area contributed by atoms with Crippen LogP contribution in [0.25, 0.3) is 0 Å². The molecule has 0 amide bonds.